The van der Waals surface area contributed by atoms with Gasteiger partial charge in [-0.1, -0.05) is 6.07 Å². The van der Waals surface area contributed by atoms with Gasteiger partial charge < -0.3 is 10.5 Å². The SMILES string of the molecule is COc1cccc(N(C(N)=O)c2ncc(C3CC3)s2)c1. The lowest BCUT2D eigenvalue weighted by Gasteiger charge is -2.17. The summed E-state index contributed by atoms with van der Waals surface area (Å²) in [5, 5.41) is 0.604. The molecular weight excluding hydrogens is 274 g/mol. The van der Waals surface area contributed by atoms with Crippen molar-refractivity contribution in [1.82, 2.24) is 4.98 Å². The van der Waals surface area contributed by atoms with Gasteiger partial charge in [-0.3, -0.25) is 0 Å². The third-order valence-electron chi connectivity index (χ3n) is 3.21. The Bertz CT molecular complexity index is 637. The Morgan fingerprint density at radius 1 is 1.50 bits per heavy atom. The maximum Gasteiger partial charge on any atom is 0.325 e. The fraction of sp³-hybridized carbons (Fsp3) is 0.286. The van der Waals surface area contributed by atoms with Crippen LogP contribution in [0.25, 0.3) is 0 Å². The minimum Gasteiger partial charge on any atom is -0.497 e. The Morgan fingerprint density at radius 2 is 2.30 bits per heavy atom. The number of nitrogens with two attached hydrogens (primary N) is 1. The van der Waals surface area contributed by atoms with E-state index in [0.29, 0.717) is 22.5 Å². The number of carbonyl (C=O) groups is 1. The maximum atomic E-state index is 11.8. The van der Waals surface area contributed by atoms with Crippen LogP contribution in [0.1, 0.15) is 23.6 Å². The first kappa shape index (κ1) is 12.9. The van der Waals surface area contributed by atoms with Gasteiger partial charge in [-0.15, -0.1) is 11.3 Å². The lowest BCUT2D eigenvalue weighted by molar-refractivity contribution is 0.256. The Kier molecular flexibility index (Phi) is 3.31. The number of methoxy groups -OCH3 is 1. The van der Waals surface area contributed by atoms with E-state index >= 15 is 0 Å². The molecule has 0 unspecified atom stereocenters. The van der Waals surface area contributed by atoms with Crippen molar-refractivity contribution in [2.24, 2.45) is 5.73 Å². The molecule has 2 N–H and O–H groups in total. The van der Waals surface area contributed by atoms with Crippen molar-refractivity contribution in [3.8, 4) is 5.75 Å². The summed E-state index contributed by atoms with van der Waals surface area (Å²) in [6.45, 7) is 0. The van der Waals surface area contributed by atoms with Gasteiger partial charge in [-0.25, -0.2) is 14.7 Å². The Balaban J connectivity index is 1.96. The number of carbonyl (C=O) groups excluding carboxylic acids is 1. The van der Waals surface area contributed by atoms with E-state index in [1.165, 1.54) is 34.0 Å². The lowest BCUT2D eigenvalue weighted by Crippen LogP contribution is -2.31. The molecule has 1 fully saturated rings. The number of amides is 2. The zero-order valence-corrected chi connectivity index (χ0v) is 11.9. The van der Waals surface area contributed by atoms with Gasteiger partial charge in [0.2, 0.25) is 0 Å². The summed E-state index contributed by atoms with van der Waals surface area (Å²) in [5.74, 6) is 1.29. The number of primary amides is 1. The smallest absolute Gasteiger partial charge is 0.325 e. The average Bonchev–Trinajstić information content (AvgIpc) is 3.19. The van der Waals surface area contributed by atoms with Crippen LogP contribution >= 0.6 is 11.3 Å². The maximum absolute atomic E-state index is 11.8. The van der Waals surface area contributed by atoms with Crippen molar-refractivity contribution in [3.63, 3.8) is 0 Å². The van der Waals surface area contributed by atoms with Crippen molar-refractivity contribution in [2.75, 3.05) is 12.0 Å². The number of hydrogen-bond donors (Lipinski definition) is 1. The van der Waals surface area contributed by atoms with E-state index in [0.717, 1.165) is 0 Å². The summed E-state index contributed by atoms with van der Waals surface area (Å²) in [4.78, 5) is 18.7. The fourth-order valence-corrected chi connectivity index (χ4v) is 3.13. The molecule has 1 aromatic carbocycles. The molecule has 1 aliphatic rings. The van der Waals surface area contributed by atoms with Gasteiger partial charge in [0.15, 0.2) is 5.13 Å². The van der Waals surface area contributed by atoms with Gasteiger partial charge in [0, 0.05) is 17.1 Å². The van der Waals surface area contributed by atoms with Crippen LogP contribution in [-0.2, 0) is 0 Å². The largest absolute Gasteiger partial charge is 0.497 e. The first-order valence-corrected chi connectivity index (χ1v) is 7.20. The predicted octanol–water partition coefficient (Wildman–Crippen LogP) is 3.25. The van der Waals surface area contributed by atoms with E-state index in [1.807, 2.05) is 24.4 Å². The highest BCUT2D eigenvalue weighted by molar-refractivity contribution is 7.16. The van der Waals surface area contributed by atoms with Crippen LogP contribution in [0.2, 0.25) is 0 Å². The van der Waals surface area contributed by atoms with Crippen LogP contribution in [0.3, 0.4) is 0 Å². The van der Waals surface area contributed by atoms with Crippen LogP contribution in [0.5, 0.6) is 5.75 Å². The number of benzene rings is 1. The molecule has 0 aliphatic heterocycles. The molecule has 2 aromatic rings. The third kappa shape index (κ3) is 2.46. The number of urea groups is 1. The summed E-state index contributed by atoms with van der Waals surface area (Å²) < 4.78 is 5.18. The first-order chi connectivity index (χ1) is 9.69. The van der Waals surface area contributed by atoms with Crippen molar-refractivity contribution < 1.29 is 9.53 Å². The molecule has 1 saturated carbocycles. The molecule has 104 valence electrons. The zero-order valence-electron chi connectivity index (χ0n) is 11.1. The van der Waals surface area contributed by atoms with Crippen molar-refractivity contribution >= 4 is 28.2 Å². The molecule has 0 atom stereocenters. The van der Waals surface area contributed by atoms with Crippen LogP contribution in [0.4, 0.5) is 15.6 Å². The fourth-order valence-electron chi connectivity index (χ4n) is 2.02. The lowest BCUT2D eigenvalue weighted by atomic mass is 10.3. The first-order valence-electron chi connectivity index (χ1n) is 6.38. The van der Waals surface area contributed by atoms with Crippen molar-refractivity contribution in [1.29, 1.82) is 0 Å². The highest BCUT2D eigenvalue weighted by Gasteiger charge is 2.28. The van der Waals surface area contributed by atoms with E-state index in [-0.39, 0.29) is 0 Å². The second-order valence-electron chi connectivity index (χ2n) is 4.69. The minimum absolute atomic E-state index is 0.546. The minimum atomic E-state index is -0.546. The predicted molar refractivity (Wildman–Crippen MR) is 78.8 cm³/mol. The van der Waals surface area contributed by atoms with Crippen molar-refractivity contribution in [2.45, 2.75) is 18.8 Å². The second kappa shape index (κ2) is 5.13. The number of nitrogens with zero attached hydrogens (tertiary/aromatic N) is 2. The summed E-state index contributed by atoms with van der Waals surface area (Å²) in [7, 11) is 1.59. The molecule has 0 radical (unpaired) electrons. The van der Waals surface area contributed by atoms with Crippen LogP contribution < -0.4 is 15.4 Å². The third-order valence-corrected chi connectivity index (χ3v) is 4.36. The van der Waals surface area contributed by atoms with Gasteiger partial charge in [0.25, 0.3) is 0 Å². The summed E-state index contributed by atoms with van der Waals surface area (Å²) >= 11 is 1.52. The van der Waals surface area contributed by atoms with E-state index in [2.05, 4.69) is 4.98 Å². The van der Waals surface area contributed by atoms with Gasteiger partial charge in [-0.05, 0) is 30.9 Å². The van der Waals surface area contributed by atoms with Crippen molar-refractivity contribution in [3.05, 3.63) is 35.3 Å². The molecule has 0 saturated heterocycles. The Labute approximate surface area is 121 Å². The highest BCUT2D eigenvalue weighted by Crippen LogP contribution is 2.44. The summed E-state index contributed by atoms with van der Waals surface area (Å²) in [6.07, 6.45) is 4.25. The Morgan fingerprint density at radius 3 is 2.95 bits per heavy atom. The average molecular weight is 289 g/mol. The molecule has 1 heterocycles. The molecule has 1 aromatic heterocycles. The van der Waals surface area contributed by atoms with E-state index < -0.39 is 6.03 Å². The summed E-state index contributed by atoms with van der Waals surface area (Å²) in [5.41, 5.74) is 6.17. The number of anilines is 2. The molecule has 6 heteroatoms. The van der Waals surface area contributed by atoms with Crippen LogP contribution in [-0.4, -0.2) is 18.1 Å². The van der Waals surface area contributed by atoms with Gasteiger partial charge >= 0.3 is 6.03 Å². The molecule has 1 aliphatic carbocycles. The highest BCUT2D eigenvalue weighted by atomic mass is 32.1. The number of aromatic nitrogens is 1. The van der Waals surface area contributed by atoms with E-state index in [1.54, 1.807) is 13.2 Å². The van der Waals surface area contributed by atoms with E-state index in [9.17, 15) is 4.79 Å². The number of ether oxygens (including phenoxy) is 1. The quantitative estimate of drug-likeness (QED) is 0.939. The van der Waals surface area contributed by atoms with Gasteiger partial charge in [0.05, 0.1) is 12.8 Å². The molecule has 0 bridgehead atoms. The molecule has 2 amide bonds. The van der Waals surface area contributed by atoms with Crippen LogP contribution in [0, 0.1) is 0 Å². The number of thiazole rings is 1. The van der Waals surface area contributed by atoms with Crippen LogP contribution in [0.15, 0.2) is 30.5 Å². The van der Waals surface area contributed by atoms with Gasteiger partial charge in [0.1, 0.15) is 5.75 Å². The van der Waals surface area contributed by atoms with Gasteiger partial charge in [-0.2, -0.15) is 0 Å². The topological polar surface area (TPSA) is 68.5 Å². The Hall–Kier alpha value is -2.08. The zero-order chi connectivity index (χ0) is 14.1. The molecule has 20 heavy (non-hydrogen) atoms. The second-order valence-corrected chi connectivity index (χ2v) is 5.74. The standard InChI is InChI=1S/C14H15N3O2S/c1-19-11-4-2-3-10(7-11)17(13(15)18)14-16-8-12(20-14)9-5-6-9/h2-4,7-9H,5-6H2,1H3,(H2,15,18). The number of hydrogen-bond acceptors (Lipinski definition) is 4. The summed E-state index contributed by atoms with van der Waals surface area (Å²) in [6, 6.07) is 6.67. The molecule has 5 nitrogen and oxygen atoms in total. The molecule has 0 spiro atoms. The normalized spacial score (nSPS) is 14.1. The monoisotopic (exact) mass is 289 g/mol. The molecular formula is C14H15N3O2S. The molecule has 3 rings (SSSR count). The number of rotatable bonds is 4. The van der Waals surface area contributed by atoms with E-state index in [4.69, 9.17) is 10.5 Å².